The molecule has 3 aromatic heterocycles. The van der Waals surface area contributed by atoms with Crippen LogP contribution in [0.25, 0.3) is 88.8 Å². The van der Waals surface area contributed by atoms with E-state index in [1.165, 1.54) is 16.5 Å². The summed E-state index contributed by atoms with van der Waals surface area (Å²) >= 11 is 0. The molecule has 45 heavy (non-hydrogen) atoms. The fourth-order valence-corrected chi connectivity index (χ4v) is 6.12. The van der Waals surface area contributed by atoms with Crippen LogP contribution in [0, 0.1) is 0 Å². The summed E-state index contributed by atoms with van der Waals surface area (Å²) in [6, 6.07) is 46.0. The number of benzene rings is 6. The van der Waals surface area contributed by atoms with Gasteiger partial charge in [0, 0.05) is 33.7 Å². The lowest BCUT2D eigenvalue weighted by atomic mass is 10.00. The van der Waals surface area contributed by atoms with Crippen molar-refractivity contribution in [2.75, 3.05) is 0 Å². The molecule has 0 atom stereocenters. The quantitative estimate of drug-likeness (QED) is 0.209. The third-order valence-corrected chi connectivity index (χ3v) is 8.38. The molecule has 0 saturated carbocycles. The number of pyridine rings is 1. The van der Waals surface area contributed by atoms with Crippen LogP contribution in [-0.4, -0.2) is 19.9 Å². The van der Waals surface area contributed by atoms with Crippen LogP contribution < -0.4 is 0 Å². The summed E-state index contributed by atoms with van der Waals surface area (Å²) in [5, 5.41) is 6.50. The Morgan fingerprint density at radius 3 is 1.76 bits per heavy atom. The number of fused-ring (bicyclic) bond motifs is 5. The maximum atomic E-state index is 6.15. The molecule has 0 saturated heterocycles. The zero-order valence-corrected chi connectivity index (χ0v) is 24.1. The second-order valence-electron chi connectivity index (χ2n) is 11.2. The van der Waals surface area contributed by atoms with Crippen molar-refractivity contribution in [3.8, 4) is 45.3 Å². The van der Waals surface area contributed by atoms with Gasteiger partial charge in [-0.05, 0) is 56.9 Å². The number of hydrogen-bond donors (Lipinski definition) is 0. The van der Waals surface area contributed by atoms with Gasteiger partial charge in [0.05, 0.1) is 6.20 Å². The van der Waals surface area contributed by atoms with Crippen molar-refractivity contribution in [2.45, 2.75) is 0 Å². The second-order valence-corrected chi connectivity index (χ2v) is 11.2. The topological polar surface area (TPSA) is 64.7 Å². The van der Waals surface area contributed by atoms with E-state index in [0.29, 0.717) is 23.1 Å². The van der Waals surface area contributed by atoms with E-state index in [2.05, 4.69) is 102 Å². The van der Waals surface area contributed by atoms with Crippen LogP contribution in [0.2, 0.25) is 0 Å². The predicted octanol–water partition coefficient (Wildman–Crippen LogP) is 10.1. The van der Waals surface area contributed by atoms with Gasteiger partial charge in [-0.1, -0.05) is 109 Å². The van der Waals surface area contributed by atoms with E-state index in [4.69, 9.17) is 19.4 Å². The third kappa shape index (κ3) is 4.41. The SMILES string of the molecule is c1ccc(-c2ccc3cc(-c4nc(-c5ccc6ccccc6c5)nc(-c5cncc6oc7ccccc7c56)n4)ccc3c2)cc1. The lowest BCUT2D eigenvalue weighted by molar-refractivity contribution is 0.667. The standard InChI is InChI=1S/C40H24N4O/c1-2-8-25(9-3-1)28-15-16-30-22-32(19-17-29(30)20-28)39-42-38(31-18-14-26-10-4-5-11-27(26)21-31)43-40(44-39)34-23-41-24-36-37(34)33-12-6-7-13-35(33)45-36/h1-24H. The summed E-state index contributed by atoms with van der Waals surface area (Å²) in [4.78, 5) is 19.7. The van der Waals surface area contributed by atoms with Gasteiger partial charge in [-0.15, -0.1) is 0 Å². The van der Waals surface area contributed by atoms with E-state index in [1.807, 2.05) is 42.6 Å². The fraction of sp³-hybridized carbons (Fsp3) is 0. The summed E-state index contributed by atoms with van der Waals surface area (Å²) in [5.41, 5.74) is 6.52. The van der Waals surface area contributed by atoms with Gasteiger partial charge >= 0.3 is 0 Å². The second kappa shape index (κ2) is 10.2. The first kappa shape index (κ1) is 25.3. The molecule has 0 aliphatic carbocycles. The number of aromatic nitrogens is 4. The van der Waals surface area contributed by atoms with Crippen LogP contribution >= 0.6 is 0 Å². The molecule has 5 heteroatoms. The Kier molecular flexibility index (Phi) is 5.74. The third-order valence-electron chi connectivity index (χ3n) is 8.38. The molecule has 0 aliphatic heterocycles. The highest BCUT2D eigenvalue weighted by molar-refractivity contribution is 6.11. The average Bonchev–Trinajstić information content (AvgIpc) is 3.50. The first-order chi connectivity index (χ1) is 22.3. The van der Waals surface area contributed by atoms with Crippen LogP contribution in [0.4, 0.5) is 0 Å². The Balaban J connectivity index is 1.25. The Morgan fingerprint density at radius 2 is 0.978 bits per heavy atom. The Bertz CT molecular complexity index is 2550. The van der Waals surface area contributed by atoms with Gasteiger partial charge in [-0.3, -0.25) is 4.98 Å². The molecule has 0 bridgehead atoms. The molecule has 9 aromatic rings. The molecular formula is C40H24N4O. The van der Waals surface area contributed by atoms with E-state index in [9.17, 15) is 0 Å². The molecule has 0 aliphatic rings. The minimum absolute atomic E-state index is 0.548. The van der Waals surface area contributed by atoms with Gasteiger partial charge in [0.2, 0.25) is 0 Å². The molecule has 6 aromatic carbocycles. The van der Waals surface area contributed by atoms with Crippen molar-refractivity contribution in [1.82, 2.24) is 19.9 Å². The van der Waals surface area contributed by atoms with Crippen molar-refractivity contribution >= 4 is 43.5 Å². The van der Waals surface area contributed by atoms with E-state index in [0.717, 1.165) is 49.2 Å². The number of rotatable bonds is 4. The summed E-state index contributed by atoms with van der Waals surface area (Å²) in [5.74, 6) is 1.75. The Labute approximate surface area is 258 Å². The van der Waals surface area contributed by atoms with Crippen molar-refractivity contribution in [2.24, 2.45) is 0 Å². The van der Waals surface area contributed by atoms with Gasteiger partial charge < -0.3 is 4.42 Å². The lowest BCUT2D eigenvalue weighted by Gasteiger charge is -2.10. The Hall–Kier alpha value is -6.20. The van der Waals surface area contributed by atoms with Crippen LogP contribution in [0.3, 0.4) is 0 Å². The van der Waals surface area contributed by atoms with Crippen molar-refractivity contribution in [1.29, 1.82) is 0 Å². The van der Waals surface area contributed by atoms with Gasteiger partial charge in [-0.25, -0.2) is 15.0 Å². The first-order valence-corrected chi connectivity index (χ1v) is 14.9. The minimum Gasteiger partial charge on any atom is -0.454 e. The smallest absolute Gasteiger partial charge is 0.166 e. The number of hydrogen-bond acceptors (Lipinski definition) is 5. The highest BCUT2D eigenvalue weighted by Crippen LogP contribution is 2.36. The van der Waals surface area contributed by atoms with Crippen molar-refractivity contribution < 1.29 is 4.42 Å². The van der Waals surface area contributed by atoms with Crippen LogP contribution in [0.5, 0.6) is 0 Å². The zero-order chi connectivity index (χ0) is 29.7. The first-order valence-electron chi connectivity index (χ1n) is 14.9. The molecule has 0 radical (unpaired) electrons. The Morgan fingerprint density at radius 1 is 0.400 bits per heavy atom. The average molecular weight is 577 g/mol. The summed E-state index contributed by atoms with van der Waals surface area (Å²) in [6.45, 7) is 0. The molecule has 0 amide bonds. The van der Waals surface area contributed by atoms with Gasteiger partial charge in [-0.2, -0.15) is 0 Å². The molecule has 0 N–H and O–H groups in total. The van der Waals surface area contributed by atoms with E-state index in [1.54, 1.807) is 6.20 Å². The van der Waals surface area contributed by atoms with E-state index < -0.39 is 0 Å². The number of furan rings is 1. The van der Waals surface area contributed by atoms with Crippen molar-refractivity contribution in [3.05, 3.63) is 146 Å². The normalized spacial score (nSPS) is 11.6. The highest BCUT2D eigenvalue weighted by Gasteiger charge is 2.18. The molecule has 210 valence electrons. The monoisotopic (exact) mass is 576 g/mol. The largest absolute Gasteiger partial charge is 0.454 e. The molecule has 5 nitrogen and oxygen atoms in total. The zero-order valence-electron chi connectivity index (χ0n) is 24.1. The van der Waals surface area contributed by atoms with Crippen LogP contribution in [0.1, 0.15) is 0 Å². The van der Waals surface area contributed by atoms with Crippen LogP contribution in [0.15, 0.2) is 150 Å². The van der Waals surface area contributed by atoms with Crippen molar-refractivity contribution in [3.63, 3.8) is 0 Å². The van der Waals surface area contributed by atoms with E-state index >= 15 is 0 Å². The van der Waals surface area contributed by atoms with E-state index in [-0.39, 0.29) is 0 Å². The maximum Gasteiger partial charge on any atom is 0.166 e. The van der Waals surface area contributed by atoms with Gasteiger partial charge in [0.25, 0.3) is 0 Å². The van der Waals surface area contributed by atoms with Gasteiger partial charge in [0.15, 0.2) is 23.1 Å². The number of nitrogens with zero attached hydrogens (tertiary/aromatic N) is 4. The highest BCUT2D eigenvalue weighted by atomic mass is 16.3. The summed E-state index contributed by atoms with van der Waals surface area (Å²) < 4.78 is 6.15. The molecule has 0 fully saturated rings. The van der Waals surface area contributed by atoms with Crippen LogP contribution in [-0.2, 0) is 0 Å². The molecule has 3 heterocycles. The predicted molar refractivity (Wildman–Crippen MR) is 182 cm³/mol. The summed E-state index contributed by atoms with van der Waals surface area (Å²) in [6.07, 6.45) is 3.57. The summed E-state index contributed by atoms with van der Waals surface area (Å²) in [7, 11) is 0. The molecule has 9 rings (SSSR count). The molecule has 0 spiro atoms. The minimum atomic E-state index is 0.548. The molecule has 0 unspecified atom stereocenters. The maximum absolute atomic E-state index is 6.15. The number of para-hydroxylation sites is 1. The lowest BCUT2D eigenvalue weighted by Crippen LogP contribution is -2.01. The van der Waals surface area contributed by atoms with Gasteiger partial charge in [0.1, 0.15) is 5.58 Å². The molecular weight excluding hydrogens is 552 g/mol. The fourth-order valence-electron chi connectivity index (χ4n) is 6.12.